The lowest BCUT2D eigenvalue weighted by Crippen LogP contribution is -2.42. The number of benzene rings is 1. The molecule has 2 amide bonds. The summed E-state index contributed by atoms with van der Waals surface area (Å²) >= 11 is 1.61. The second kappa shape index (κ2) is 10.9. The normalized spacial score (nSPS) is 18.5. The van der Waals surface area contributed by atoms with E-state index in [1.54, 1.807) is 29.5 Å². The van der Waals surface area contributed by atoms with Gasteiger partial charge in [-0.2, -0.15) is 5.21 Å². The molecule has 1 saturated carbocycles. The van der Waals surface area contributed by atoms with Crippen molar-refractivity contribution in [1.82, 2.24) is 25.5 Å². The van der Waals surface area contributed by atoms with Gasteiger partial charge in [-0.1, -0.05) is 44.1 Å². The molecule has 1 aliphatic rings. The lowest BCUT2D eigenvalue weighted by molar-refractivity contribution is -0.130. The van der Waals surface area contributed by atoms with E-state index in [1.807, 2.05) is 40.6 Å². The van der Waals surface area contributed by atoms with Crippen LogP contribution in [0.25, 0.3) is 6.08 Å². The predicted molar refractivity (Wildman–Crippen MR) is 138 cm³/mol. The van der Waals surface area contributed by atoms with Crippen molar-refractivity contribution < 1.29 is 9.59 Å². The first-order chi connectivity index (χ1) is 16.8. The number of aromatic nitrogens is 4. The van der Waals surface area contributed by atoms with Crippen LogP contribution in [0.3, 0.4) is 0 Å². The molecule has 0 aliphatic heterocycles. The van der Waals surface area contributed by atoms with E-state index in [0.29, 0.717) is 18.0 Å². The molecule has 8 nitrogen and oxygen atoms in total. The Kier molecular flexibility index (Phi) is 7.75. The molecular weight excluding hydrogens is 460 g/mol. The molecule has 0 spiro atoms. The summed E-state index contributed by atoms with van der Waals surface area (Å²) in [5.41, 5.74) is 1.76. The number of carbonyl (C=O) groups excluding carboxylic acids is 2. The van der Waals surface area contributed by atoms with Crippen molar-refractivity contribution in [3.8, 4) is 0 Å². The fraction of sp³-hybridized carbons (Fsp3) is 0.423. The third-order valence-electron chi connectivity index (χ3n) is 6.72. The number of anilines is 1. The highest BCUT2D eigenvalue weighted by molar-refractivity contribution is 7.10. The fourth-order valence-electron chi connectivity index (χ4n) is 4.62. The zero-order valence-corrected chi connectivity index (χ0v) is 21.2. The maximum Gasteiger partial charge on any atom is 0.270 e. The van der Waals surface area contributed by atoms with Crippen LogP contribution < -0.4 is 5.32 Å². The molecule has 0 saturated heterocycles. The largest absolute Gasteiger partial charge is 0.332 e. The number of hydrogen-bond donors (Lipinski definition) is 2. The Hall–Kier alpha value is -3.33. The molecule has 9 heteroatoms. The summed E-state index contributed by atoms with van der Waals surface area (Å²) in [7, 11) is 0. The smallest absolute Gasteiger partial charge is 0.270 e. The average Bonchev–Trinajstić information content (AvgIpc) is 3.55. The molecule has 4 rings (SSSR count). The molecule has 0 bridgehead atoms. The molecule has 3 aromatic rings. The predicted octanol–water partition coefficient (Wildman–Crippen LogP) is 5.16. The molecule has 0 unspecified atom stereocenters. The summed E-state index contributed by atoms with van der Waals surface area (Å²) in [6.07, 6.45) is 7.85. The number of thiophene rings is 1. The first-order valence-corrected chi connectivity index (χ1v) is 12.8. The molecule has 1 aromatic carbocycles. The monoisotopic (exact) mass is 492 g/mol. The third-order valence-corrected chi connectivity index (χ3v) is 7.56. The number of nitrogens with zero attached hydrogens (tertiary/aromatic N) is 4. The van der Waals surface area contributed by atoms with Gasteiger partial charge in [-0.15, -0.1) is 16.4 Å². The Morgan fingerprint density at radius 2 is 1.89 bits per heavy atom. The summed E-state index contributed by atoms with van der Waals surface area (Å²) in [5.74, 6) is 0.510. The van der Waals surface area contributed by atoms with Crippen LogP contribution >= 0.6 is 11.3 Å². The zero-order valence-electron chi connectivity index (χ0n) is 20.4. The molecule has 1 aliphatic carbocycles. The van der Waals surface area contributed by atoms with Crippen LogP contribution in [0.15, 0.2) is 47.9 Å². The second-order valence-corrected chi connectivity index (χ2v) is 11.1. The molecule has 0 atom stereocenters. The molecule has 35 heavy (non-hydrogen) atoms. The Morgan fingerprint density at radius 1 is 1.14 bits per heavy atom. The standard InChI is InChI=1S/C26H32N6O2S/c1-26(2,3)20-10-12-21(13-11-20)32(23(33)15-14-22-5-4-16-35-22)17-18-6-8-19(9-7-18)24(34)27-25-28-30-31-29-25/h4-9,14-16,20-21H,10-13,17H2,1-3H3,(H2,27,28,29,30,31,34)/b15-14+. The minimum absolute atomic E-state index is 0.0246. The van der Waals surface area contributed by atoms with Crippen LogP contribution in [0.4, 0.5) is 5.95 Å². The van der Waals surface area contributed by atoms with E-state index in [9.17, 15) is 9.59 Å². The van der Waals surface area contributed by atoms with E-state index in [0.717, 1.165) is 36.1 Å². The van der Waals surface area contributed by atoms with Gasteiger partial charge in [0.05, 0.1) is 0 Å². The van der Waals surface area contributed by atoms with Gasteiger partial charge in [0.2, 0.25) is 5.91 Å². The molecule has 184 valence electrons. The van der Waals surface area contributed by atoms with Crippen molar-refractivity contribution in [3.05, 3.63) is 63.9 Å². The van der Waals surface area contributed by atoms with Gasteiger partial charge >= 0.3 is 0 Å². The van der Waals surface area contributed by atoms with E-state index in [4.69, 9.17) is 0 Å². The molecule has 2 aromatic heterocycles. The molecule has 2 heterocycles. The Balaban J connectivity index is 1.46. The van der Waals surface area contributed by atoms with Gasteiger partial charge < -0.3 is 4.90 Å². The molecular formula is C26H32N6O2S. The van der Waals surface area contributed by atoms with Crippen molar-refractivity contribution >= 4 is 35.2 Å². The van der Waals surface area contributed by atoms with Crippen LogP contribution in [-0.4, -0.2) is 43.4 Å². The highest BCUT2D eigenvalue weighted by Crippen LogP contribution is 2.39. The molecule has 2 N–H and O–H groups in total. The number of carbonyl (C=O) groups is 2. The quantitative estimate of drug-likeness (QED) is 0.443. The fourth-order valence-corrected chi connectivity index (χ4v) is 5.24. The number of aromatic amines is 1. The lowest BCUT2D eigenvalue weighted by Gasteiger charge is -2.41. The van der Waals surface area contributed by atoms with Crippen LogP contribution in [0.5, 0.6) is 0 Å². The van der Waals surface area contributed by atoms with Crippen molar-refractivity contribution in [1.29, 1.82) is 0 Å². The number of amides is 2. The number of rotatable bonds is 7. The SMILES string of the molecule is CC(C)(C)C1CCC(N(Cc2ccc(C(=O)Nc3nn[nH]n3)cc2)C(=O)/C=C/c2cccs2)CC1. The zero-order chi connectivity index (χ0) is 24.8. The Bertz CT molecular complexity index is 1130. The van der Waals surface area contributed by atoms with Crippen molar-refractivity contribution in [2.24, 2.45) is 11.3 Å². The van der Waals surface area contributed by atoms with Gasteiger partial charge in [0.25, 0.3) is 11.9 Å². The van der Waals surface area contributed by atoms with Gasteiger partial charge in [-0.25, -0.2) is 0 Å². The van der Waals surface area contributed by atoms with Gasteiger partial charge in [0.15, 0.2) is 0 Å². The summed E-state index contributed by atoms with van der Waals surface area (Å²) in [6, 6.07) is 11.5. The minimum atomic E-state index is -0.315. The topological polar surface area (TPSA) is 104 Å². The number of nitrogens with one attached hydrogen (secondary N) is 2. The summed E-state index contributed by atoms with van der Waals surface area (Å²) in [6.45, 7) is 7.43. The third kappa shape index (κ3) is 6.63. The summed E-state index contributed by atoms with van der Waals surface area (Å²) in [4.78, 5) is 28.8. The minimum Gasteiger partial charge on any atom is -0.332 e. The van der Waals surface area contributed by atoms with E-state index in [-0.39, 0.29) is 29.2 Å². The number of tetrazole rings is 1. The van der Waals surface area contributed by atoms with Crippen LogP contribution in [0.2, 0.25) is 0 Å². The summed E-state index contributed by atoms with van der Waals surface area (Å²) < 4.78 is 0. The Labute approximate surface area is 209 Å². The van der Waals surface area contributed by atoms with E-state index in [1.165, 1.54) is 0 Å². The number of H-pyrrole nitrogens is 1. The van der Waals surface area contributed by atoms with E-state index in [2.05, 4.69) is 46.7 Å². The molecule has 0 radical (unpaired) electrons. The van der Waals surface area contributed by atoms with E-state index < -0.39 is 0 Å². The Morgan fingerprint density at radius 3 is 2.49 bits per heavy atom. The van der Waals surface area contributed by atoms with Crippen LogP contribution in [-0.2, 0) is 11.3 Å². The van der Waals surface area contributed by atoms with Crippen molar-refractivity contribution in [2.75, 3.05) is 5.32 Å². The maximum absolute atomic E-state index is 13.3. The van der Waals surface area contributed by atoms with Crippen LogP contribution in [0.1, 0.15) is 67.3 Å². The van der Waals surface area contributed by atoms with Crippen molar-refractivity contribution in [2.45, 2.75) is 59.0 Å². The first-order valence-electron chi connectivity index (χ1n) is 12.0. The van der Waals surface area contributed by atoms with Gasteiger partial charge in [0, 0.05) is 29.1 Å². The highest BCUT2D eigenvalue weighted by Gasteiger charge is 2.33. The first kappa shape index (κ1) is 24.8. The van der Waals surface area contributed by atoms with E-state index >= 15 is 0 Å². The van der Waals surface area contributed by atoms with Crippen LogP contribution in [0, 0.1) is 11.3 Å². The maximum atomic E-state index is 13.3. The van der Waals surface area contributed by atoms with Crippen molar-refractivity contribution in [3.63, 3.8) is 0 Å². The second-order valence-electron chi connectivity index (χ2n) is 10.1. The summed E-state index contributed by atoms with van der Waals surface area (Å²) in [5, 5.41) is 17.8. The highest BCUT2D eigenvalue weighted by atomic mass is 32.1. The van der Waals surface area contributed by atoms with Gasteiger partial charge in [0.1, 0.15) is 0 Å². The molecule has 1 fully saturated rings. The number of hydrogen-bond acceptors (Lipinski definition) is 6. The van der Waals surface area contributed by atoms with Gasteiger partial charge in [-0.3, -0.25) is 14.9 Å². The van der Waals surface area contributed by atoms with Gasteiger partial charge in [-0.05, 0) is 77.4 Å². The lowest BCUT2D eigenvalue weighted by atomic mass is 9.71. The average molecular weight is 493 g/mol.